The Kier molecular flexibility index (Phi) is 2.95. The smallest absolute Gasteiger partial charge is 0.144 e. The van der Waals surface area contributed by atoms with E-state index in [1.807, 2.05) is 13.1 Å². The first-order valence-corrected chi connectivity index (χ1v) is 4.05. The topological polar surface area (TPSA) is 36.4 Å². The Morgan fingerprint density at radius 2 is 2.18 bits per heavy atom. The van der Waals surface area contributed by atoms with Gasteiger partial charge in [-0.1, -0.05) is 6.92 Å². The van der Waals surface area contributed by atoms with E-state index in [4.69, 9.17) is 0 Å². The molecule has 0 aromatic heterocycles. The van der Waals surface area contributed by atoms with Crippen LogP contribution in [0.2, 0.25) is 0 Å². The summed E-state index contributed by atoms with van der Waals surface area (Å²) in [5, 5.41) is 6.47. The van der Waals surface area contributed by atoms with E-state index in [0.717, 1.165) is 31.0 Å². The second-order valence-corrected chi connectivity index (χ2v) is 2.55. The second-order valence-electron chi connectivity index (χ2n) is 2.55. The van der Waals surface area contributed by atoms with Crippen LogP contribution in [-0.2, 0) is 0 Å². The first kappa shape index (κ1) is 8.11. The average Bonchev–Trinajstić information content (AvgIpc) is 2.03. The molecule has 0 aromatic carbocycles. The van der Waals surface area contributed by atoms with E-state index in [9.17, 15) is 0 Å². The molecule has 0 saturated heterocycles. The maximum Gasteiger partial charge on any atom is 0.144 e. The number of aliphatic imine (C=N–C) groups is 1. The maximum atomic E-state index is 4.26. The van der Waals surface area contributed by atoms with Crippen LogP contribution in [0.15, 0.2) is 16.5 Å². The van der Waals surface area contributed by atoms with Gasteiger partial charge in [0, 0.05) is 19.3 Å². The lowest BCUT2D eigenvalue weighted by Crippen LogP contribution is -2.33. The molecule has 1 heterocycles. The molecule has 0 radical (unpaired) electrons. The molecule has 0 aliphatic carbocycles. The van der Waals surface area contributed by atoms with E-state index >= 15 is 0 Å². The zero-order valence-electron chi connectivity index (χ0n) is 7.15. The van der Waals surface area contributed by atoms with E-state index in [0.29, 0.717) is 0 Å². The number of hydrogen-bond donors (Lipinski definition) is 2. The molecule has 2 N–H and O–H groups in total. The molecule has 0 amide bonds. The van der Waals surface area contributed by atoms with E-state index in [2.05, 4.69) is 22.5 Å². The number of nitrogens with zero attached hydrogens (tertiary/aromatic N) is 1. The van der Waals surface area contributed by atoms with Crippen molar-refractivity contribution in [1.82, 2.24) is 10.6 Å². The third-order valence-electron chi connectivity index (χ3n) is 1.57. The van der Waals surface area contributed by atoms with Gasteiger partial charge < -0.3 is 10.6 Å². The number of nitrogens with one attached hydrogen (secondary N) is 2. The Morgan fingerprint density at radius 1 is 1.45 bits per heavy atom. The summed E-state index contributed by atoms with van der Waals surface area (Å²) < 4.78 is 0. The molecule has 11 heavy (non-hydrogen) atoms. The first-order valence-electron chi connectivity index (χ1n) is 4.05. The monoisotopic (exact) mass is 153 g/mol. The van der Waals surface area contributed by atoms with Crippen molar-refractivity contribution in [2.45, 2.75) is 20.3 Å². The predicted molar refractivity (Wildman–Crippen MR) is 47.5 cm³/mol. The van der Waals surface area contributed by atoms with Gasteiger partial charge in [0.25, 0.3) is 0 Å². The van der Waals surface area contributed by atoms with Gasteiger partial charge in [-0.15, -0.1) is 0 Å². The Labute approximate surface area is 67.6 Å². The van der Waals surface area contributed by atoms with Gasteiger partial charge in [0.05, 0.1) is 5.70 Å². The molecular formula is C8H15N3. The fourth-order valence-corrected chi connectivity index (χ4v) is 0.972. The molecule has 1 aliphatic heterocycles. The van der Waals surface area contributed by atoms with Crippen LogP contribution >= 0.6 is 0 Å². The van der Waals surface area contributed by atoms with Crippen molar-refractivity contribution >= 4 is 6.21 Å². The SMILES string of the molecule is CCC=NC1=C(C)NCCN1. The van der Waals surface area contributed by atoms with Gasteiger partial charge in [-0.05, 0) is 13.3 Å². The van der Waals surface area contributed by atoms with Crippen molar-refractivity contribution in [3.8, 4) is 0 Å². The van der Waals surface area contributed by atoms with Gasteiger partial charge in [-0.3, -0.25) is 0 Å². The van der Waals surface area contributed by atoms with Crippen LogP contribution in [0.4, 0.5) is 0 Å². The summed E-state index contributed by atoms with van der Waals surface area (Å²) in [7, 11) is 0. The summed E-state index contributed by atoms with van der Waals surface area (Å²) in [6, 6.07) is 0. The third-order valence-corrected chi connectivity index (χ3v) is 1.57. The van der Waals surface area contributed by atoms with Crippen molar-refractivity contribution in [2.75, 3.05) is 13.1 Å². The van der Waals surface area contributed by atoms with E-state index in [1.54, 1.807) is 0 Å². The van der Waals surface area contributed by atoms with Crippen LogP contribution in [0, 0.1) is 0 Å². The van der Waals surface area contributed by atoms with Gasteiger partial charge >= 0.3 is 0 Å². The Balaban J connectivity index is 2.59. The standard InChI is InChI=1S/C8H15N3/c1-3-4-10-8-7(2)9-5-6-11-8/h4,9,11H,3,5-6H2,1-2H3. The molecule has 1 rings (SSSR count). The van der Waals surface area contributed by atoms with Crippen molar-refractivity contribution in [1.29, 1.82) is 0 Å². The lowest BCUT2D eigenvalue weighted by Gasteiger charge is -2.18. The largest absolute Gasteiger partial charge is 0.384 e. The summed E-state index contributed by atoms with van der Waals surface area (Å²) in [6.45, 7) is 6.08. The summed E-state index contributed by atoms with van der Waals surface area (Å²) in [4.78, 5) is 4.26. The number of hydrogen-bond acceptors (Lipinski definition) is 3. The summed E-state index contributed by atoms with van der Waals surface area (Å²) in [5.74, 6) is 0.984. The third kappa shape index (κ3) is 2.26. The maximum absolute atomic E-state index is 4.26. The average molecular weight is 153 g/mol. The molecule has 0 saturated carbocycles. The Hall–Kier alpha value is -0.990. The van der Waals surface area contributed by atoms with Gasteiger partial charge in [-0.2, -0.15) is 0 Å². The van der Waals surface area contributed by atoms with Crippen LogP contribution < -0.4 is 10.6 Å². The van der Waals surface area contributed by atoms with Crippen LogP contribution in [0.5, 0.6) is 0 Å². The zero-order valence-corrected chi connectivity index (χ0v) is 7.15. The van der Waals surface area contributed by atoms with Crippen molar-refractivity contribution < 1.29 is 0 Å². The molecule has 0 unspecified atom stereocenters. The lowest BCUT2D eigenvalue weighted by molar-refractivity contribution is 0.644. The van der Waals surface area contributed by atoms with Gasteiger partial charge in [-0.25, -0.2) is 4.99 Å². The molecule has 0 fully saturated rings. The summed E-state index contributed by atoms with van der Waals surface area (Å²) in [5.41, 5.74) is 1.14. The molecule has 0 spiro atoms. The zero-order chi connectivity index (χ0) is 8.10. The molecule has 3 heteroatoms. The highest BCUT2D eigenvalue weighted by atomic mass is 15.1. The van der Waals surface area contributed by atoms with Gasteiger partial charge in [0.1, 0.15) is 5.82 Å². The molecule has 0 aromatic rings. The quantitative estimate of drug-likeness (QED) is 0.577. The molecule has 3 nitrogen and oxygen atoms in total. The molecular weight excluding hydrogens is 138 g/mol. The van der Waals surface area contributed by atoms with Crippen molar-refractivity contribution in [3.63, 3.8) is 0 Å². The second kappa shape index (κ2) is 4.01. The predicted octanol–water partition coefficient (Wildman–Crippen LogP) is 0.849. The van der Waals surface area contributed by atoms with Crippen LogP contribution in [-0.4, -0.2) is 19.3 Å². The minimum atomic E-state index is 0.966. The normalized spacial score (nSPS) is 18.4. The fraction of sp³-hybridized carbons (Fsp3) is 0.625. The van der Waals surface area contributed by atoms with E-state index in [-0.39, 0.29) is 0 Å². The Morgan fingerprint density at radius 3 is 2.82 bits per heavy atom. The van der Waals surface area contributed by atoms with Gasteiger partial charge in [0.2, 0.25) is 0 Å². The molecule has 0 atom stereocenters. The van der Waals surface area contributed by atoms with Crippen LogP contribution in [0.1, 0.15) is 20.3 Å². The minimum absolute atomic E-state index is 0.966. The van der Waals surface area contributed by atoms with E-state index in [1.165, 1.54) is 0 Å². The summed E-state index contributed by atoms with van der Waals surface area (Å²) >= 11 is 0. The van der Waals surface area contributed by atoms with E-state index < -0.39 is 0 Å². The first-order chi connectivity index (χ1) is 5.34. The Bertz CT molecular complexity index is 182. The molecule has 1 aliphatic rings. The number of allylic oxidation sites excluding steroid dienone is 1. The van der Waals surface area contributed by atoms with Crippen molar-refractivity contribution in [2.24, 2.45) is 4.99 Å². The van der Waals surface area contributed by atoms with Crippen LogP contribution in [0.3, 0.4) is 0 Å². The highest BCUT2D eigenvalue weighted by Gasteiger charge is 2.03. The highest BCUT2D eigenvalue weighted by Crippen LogP contribution is 2.01. The number of rotatable bonds is 2. The fourth-order valence-electron chi connectivity index (χ4n) is 0.972. The lowest BCUT2D eigenvalue weighted by atomic mass is 10.4. The minimum Gasteiger partial charge on any atom is -0.384 e. The summed E-state index contributed by atoms with van der Waals surface area (Å²) in [6.07, 6.45) is 2.90. The highest BCUT2D eigenvalue weighted by molar-refractivity contribution is 5.58. The molecule has 62 valence electrons. The van der Waals surface area contributed by atoms with Crippen LogP contribution in [0.25, 0.3) is 0 Å². The van der Waals surface area contributed by atoms with Crippen molar-refractivity contribution in [3.05, 3.63) is 11.5 Å². The molecule has 0 bridgehead atoms. The van der Waals surface area contributed by atoms with Gasteiger partial charge in [0.15, 0.2) is 0 Å².